The molecule has 6 rings (SSSR count). The number of hydrogen-bond donors (Lipinski definition) is 0. The molecule has 678 valence electrons. The van der Waals surface area contributed by atoms with Gasteiger partial charge in [-0.15, -0.1) is 30.6 Å². The van der Waals surface area contributed by atoms with Gasteiger partial charge in [-0.05, 0) is 199 Å². The summed E-state index contributed by atoms with van der Waals surface area (Å²) in [4.78, 5) is 0. The smallest absolute Gasteiger partial charge is 0.0827 e. The van der Waals surface area contributed by atoms with E-state index in [2.05, 4.69) is 261 Å². The Balaban J connectivity index is 0.000000702. The van der Waals surface area contributed by atoms with Crippen LogP contribution >= 0.6 is 0 Å². The second kappa shape index (κ2) is 72.5. The average molecular weight is 1630 g/mol. The van der Waals surface area contributed by atoms with Crippen LogP contribution in [0.2, 0.25) is 0 Å². The van der Waals surface area contributed by atoms with E-state index in [0.29, 0.717) is 0 Å². The minimum atomic E-state index is 0.749. The largest absolute Gasteiger partial charge is 0.252 e. The van der Waals surface area contributed by atoms with Crippen LogP contribution < -0.4 is 0 Å². The monoisotopic (exact) mass is 1630 g/mol. The molecule has 6 aromatic rings. The fourth-order valence-electron chi connectivity index (χ4n) is 14.2. The van der Waals surface area contributed by atoms with E-state index in [1.807, 2.05) is 32.6 Å². The van der Waals surface area contributed by atoms with E-state index in [0.717, 1.165) is 166 Å². The van der Waals surface area contributed by atoms with Crippen LogP contribution in [0.1, 0.15) is 451 Å². The molecule has 18 heteroatoms. The van der Waals surface area contributed by atoms with Gasteiger partial charge in [0, 0.05) is 57.9 Å². The third-order valence-electron chi connectivity index (χ3n) is 21.9. The zero-order chi connectivity index (χ0) is 86.6. The standard InChI is InChI=1S/3C17H33N3.3C16H31N3/c2*1-15(2)10-7-5-6-8-13-20-17(14-18-19-20)12-9-11-16(3)4;1-15(2)10-8-6-5-7-9-13-20-17(14-18-19-20)12-11-16(3)4;1-14(2)9-5-6-11-16-13-19(18-17-16)12-8-7-10-15(3)4;2*1-14(2)9-6-5-7-11-16-13-19(18-17-16)12-8-10-15(3)4/h3*14-16H,5-13H2,1-4H3;3*13-15H,5-12H2,1-4H3. The highest BCUT2D eigenvalue weighted by Crippen LogP contribution is 2.20. The molecule has 0 atom stereocenters. The lowest BCUT2D eigenvalue weighted by molar-refractivity contribution is 0.476. The third-order valence-corrected chi connectivity index (χ3v) is 21.9. The molecule has 0 N–H and O–H groups in total. The molecule has 117 heavy (non-hydrogen) atoms. The topological polar surface area (TPSA) is 184 Å². The molecule has 6 aromatic heterocycles. The summed E-state index contributed by atoms with van der Waals surface area (Å²) >= 11 is 0. The molecular formula is C99H192N18. The second-order valence-electron chi connectivity index (χ2n) is 40.0. The molecule has 0 amide bonds. The van der Waals surface area contributed by atoms with Crippen molar-refractivity contribution >= 4 is 0 Å². The van der Waals surface area contributed by atoms with E-state index in [4.69, 9.17) is 0 Å². The molecule has 0 radical (unpaired) electrons. The molecule has 0 unspecified atom stereocenters. The molecule has 0 aromatic carbocycles. The number of rotatable bonds is 63. The van der Waals surface area contributed by atoms with Crippen LogP contribution in [-0.2, 0) is 77.8 Å². The zero-order valence-electron chi connectivity index (χ0n) is 81.5. The van der Waals surface area contributed by atoms with E-state index >= 15 is 0 Å². The summed E-state index contributed by atoms with van der Waals surface area (Å²) in [5.41, 5.74) is 7.41. The Morgan fingerprint density at radius 3 is 0.684 bits per heavy atom. The zero-order valence-corrected chi connectivity index (χ0v) is 81.5. The maximum atomic E-state index is 4.26. The normalized spacial score (nSPS) is 11.7. The van der Waals surface area contributed by atoms with E-state index in [-0.39, 0.29) is 0 Å². The Morgan fingerprint density at radius 1 is 0.188 bits per heavy atom. The molecular weight excluding hydrogens is 1440 g/mol. The van der Waals surface area contributed by atoms with Gasteiger partial charge < -0.3 is 0 Å². The van der Waals surface area contributed by atoms with Crippen LogP contribution in [-0.4, -0.2) is 90.0 Å². The molecule has 0 fully saturated rings. The van der Waals surface area contributed by atoms with Crippen molar-refractivity contribution in [2.75, 3.05) is 0 Å². The Morgan fingerprint density at radius 2 is 0.393 bits per heavy atom. The molecule has 0 aliphatic heterocycles. The van der Waals surface area contributed by atoms with Gasteiger partial charge in [0.05, 0.1) is 52.8 Å². The summed E-state index contributed by atoms with van der Waals surface area (Å²) in [7, 11) is 0. The fraction of sp³-hybridized carbons (Fsp3) is 0.879. The van der Waals surface area contributed by atoms with Crippen molar-refractivity contribution in [2.45, 2.75) is 494 Å². The minimum absolute atomic E-state index is 0.749. The number of aromatic nitrogens is 18. The number of aryl methyl sites for hydroxylation is 12. The Labute approximate surface area is 722 Å². The molecule has 0 aliphatic rings. The van der Waals surface area contributed by atoms with E-state index in [1.165, 1.54) is 267 Å². The van der Waals surface area contributed by atoms with Crippen molar-refractivity contribution in [3.05, 3.63) is 71.3 Å². The molecule has 0 saturated carbocycles. The summed E-state index contributed by atoms with van der Waals surface area (Å²) in [5.74, 6) is 9.74. The van der Waals surface area contributed by atoms with Gasteiger partial charge in [0.25, 0.3) is 0 Å². The highest BCUT2D eigenvalue weighted by molar-refractivity contribution is 4.97. The Hall–Kier alpha value is -5.16. The average Bonchev–Trinajstić information content (AvgIpc) is 1.80. The van der Waals surface area contributed by atoms with Crippen LogP contribution in [0.4, 0.5) is 0 Å². The maximum absolute atomic E-state index is 4.26. The summed E-state index contributed by atoms with van der Waals surface area (Å²) in [6.07, 6.45) is 69.6. The summed E-state index contributed by atoms with van der Waals surface area (Å²) < 4.78 is 12.4. The van der Waals surface area contributed by atoms with Crippen LogP contribution in [0.3, 0.4) is 0 Å². The van der Waals surface area contributed by atoms with Gasteiger partial charge in [-0.2, -0.15) is 0 Å². The summed E-state index contributed by atoms with van der Waals surface area (Å²) in [6, 6.07) is 0. The number of hydrogen-bond acceptors (Lipinski definition) is 12. The predicted octanol–water partition coefficient (Wildman–Crippen LogP) is 28.0. The van der Waals surface area contributed by atoms with Crippen molar-refractivity contribution in [3.63, 3.8) is 0 Å². The van der Waals surface area contributed by atoms with Gasteiger partial charge in [-0.25, -0.2) is 14.0 Å². The molecule has 18 nitrogen and oxygen atoms in total. The maximum Gasteiger partial charge on any atom is 0.0827 e. The highest BCUT2D eigenvalue weighted by atomic mass is 15.4. The molecule has 6 heterocycles. The number of unbranched alkanes of at least 4 members (excludes halogenated alkanes) is 16. The number of nitrogens with zero attached hydrogens (tertiary/aromatic N) is 18. The molecule has 0 spiro atoms. The van der Waals surface area contributed by atoms with Gasteiger partial charge in [0.15, 0.2) is 0 Å². The van der Waals surface area contributed by atoms with E-state index < -0.39 is 0 Å². The third kappa shape index (κ3) is 68.1. The molecule has 0 aliphatic carbocycles. The van der Waals surface area contributed by atoms with Crippen LogP contribution in [0, 0.1) is 71.0 Å². The van der Waals surface area contributed by atoms with E-state index in [9.17, 15) is 0 Å². The first-order valence-corrected chi connectivity index (χ1v) is 49.3. The summed E-state index contributed by atoms with van der Waals surface area (Å²) in [6.45, 7) is 61.1. The van der Waals surface area contributed by atoms with Crippen molar-refractivity contribution in [3.8, 4) is 0 Å². The van der Waals surface area contributed by atoms with Crippen molar-refractivity contribution in [1.82, 2.24) is 90.0 Å². The van der Waals surface area contributed by atoms with Gasteiger partial charge >= 0.3 is 0 Å². The first-order chi connectivity index (χ1) is 56.0. The predicted molar refractivity (Wildman–Crippen MR) is 500 cm³/mol. The van der Waals surface area contributed by atoms with E-state index in [1.54, 1.807) is 0 Å². The first kappa shape index (κ1) is 110. The van der Waals surface area contributed by atoms with Crippen molar-refractivity contribution < 1.29 is 0 Å². The second-order valence-corrected chi connectivity index (χ2v) is 40.0. The van der Waals surface area contributed by atoms with Gasteiger partial charge in [0.2, 0.25) is 0 Å². The quantitative estimate of drug-likeness (QED) is 0.0330. The molecule has 0 bridgehead atoms. The minimum Gasteiger partial charge on any atom is -0.252 e. The van der Waals surface area contributed by atoms with Crippen LogP contribution in [0.5, 0.6) is 0 Å². The Kier molecular flexibility index (Phi) is 68.0. The van der Waals surface area contributed by atoms with Crippen LogP contribution in [0.25, 0.3) is 0 Å². The SMILES string of the molecule is CC(C)CCCCCCCn1nncc1CCC(C)C.CC(C)CCCCCCn1nncc1CCCC(C)C.CC(C)CCCCCCn1nncc1CCCC(C)C.CC(C)CCCCCc1cn(CCCC(C)C)nn1.CC(C)CCCCCc1cn(CCCC(C)C)nn1.CC(C)CCCCc1cn(CCCCC(C)C)nn1. The van der Waals surface area contributed by atoms with Gasteiger partial charge in [-0.1, -0.05) is 358 Å². The van der Waals surface area contributed by atoms with Gasteiger partial charge in [0.1, 0.15) is 0 Å². The summed E-state index contributed by atoms with van der Waals surface area (Å²) in [5, 5.41) is 50.3. The highest BCUT2D eigenvalue weighted by Gasteiger charge is 2.12. The first-order valence-electron chi connectivity index (χ1n) is 49.3. The van der Waals surface area contributed by atoms with Crippen LogP contribution in [0.15, 0.2) is 37.2 Å². The lowest BCUT2D eigenvalue weighted by atomic mass is 10.0. The van der Waals surface area contributed by atoms with Crippen molar-refractivity contribution in [2.24, 2.45) is 71.0 Å². The van der Waals surface area contributed by atoms with Gasteiger partial charge in [-0.3, -0.25) is 14.0 Å². The lowest BCUT2D eigenvalue weighted by Crippen LogP contribution is -2.06. The fourth-order valence-corrected chi connectivity index (χ4v) is 14.2. The van der Waals surface area contributed by atoms with Crippen molar-refractivity contribution in [1.29, 1.82) is 0 Å². The lowest BCUT2D eigenvalue weighted by Gasteiger charge is -2.08. The molecule has 0 saturated heterocycles. The Bertz CT molecular complexity index is 2890.